The van der Waals surface area contributed by atoms with Crippen molar-refractivity contribution in [1.29, 1.82) is 0 Å². The first-order valence-corrected chi connectivity index (χ1v) is 10.3. The highest BCUT2D eigenvalue weighted by Gasteiger charge is 2.30. The van der Waals surface area contributed by atoms with Crippen LogP contribution in [0.4, 0.5) is 4.79 Å². The van der Waals surface area contributed by atoms with Crippen molar-refractivity contribution in [1.82, 2.24) is 15.7 Å². The molecule has 0 bridgehead atoms. The Bertz CT molecular complexity index is 948. The van der Waals surface area contributed by atoms with E-state index in [0.717, 1.165) is 29.5 Å². The van der Waals surface area contributed by atoms with Crippen LogP contribution >= 0.6 is 0 Å². The number of carbonyl (C=O) groups is 2. The van der Waals surface area contributed by atoms with Crippen molar-refractivity contribution in [2.45, 2.75) is 37.8 Å². The standard InChI is InChI=1S/C24H27N3O4/c1-17(28)22(23(29)26-31)25-24(30)27-15-5-8-21(16-27)20-13-11-19(12-14-20)10-9-18-6-3-2-4-7-18/h2-4,6-7,11-14,17,21-22,28,31H,5,8,15-16H2,1H3,(H,25,30)(H,26,29)/t17-,21?,22+/m1/s1. The van der Waals surface area contributed by atoms with Gasteiger partial charge in [-0.15, -0.1) is 0 Å². The second-order valence-corrected chi connectivity index (χ2v) is 7.67. The van der Waals surface area contributed by atoms with E-state index in [4.69, 9.17) is 5.21 Å². The molecule has 7 nitrogen and oxygen atoms in total. The summed E-state index contributed by atoms with van der Waals surface area (Å²) in [7, 11) is 0. The summed E-state index contributed by atoms with van der Waals surface area (Å²) < 4.78 is 0. The van der Waals surface area contributed by atoms with Gasteiger partial charge in [0.15, 0.2) is 0 Å². The van der Waals surface area contributed by atoms with Gasteiger partial charge >= 0.3 is 6.03 Å². The molecule has 1 unspecified atom stereocenters. The van der Waals surface area contributed by atoms with Crippen molar-refractivity contribution < 1.29 is 19.9 Å². The third kappa shape index (κ3) is 6.07. The van der Waals surface area contributed by atoms with Crippen molar-refractivity contribution in [3.05, 3.63) is 71.3 Å². The monoisotopic (exact) mass is 421 g/mol. The Morgan fingerprint density at radius 1 is 1.06 bits per heavy atom. The molecule has 31 heavy (non-hydrogen) atoms. The van der Waals surface area contributed by atoms with Crippen LogP contribution in [0, 0.1) is 11.8 Å². The molecule has 0 saturated carbocycles. The van der Waals surface area contributed by atoms with E-state index in [1.807, 2.05) is 54.6 Å². The molecule has 3 rings (SSSR count). The van der Waals surface area contributed by atoms with Crippen LogP contribution in [0.1, 0.15) is 42.4 Å². The van der Waals surface area contributed by atoms with Crippen LogP contribution in [-0.2, 0) is 4.79 Å². The number of piperidine rings is 1. The molecule has 0 radical (unpaired) electrons. The number of carbonyl (C=O) groups excluding carboxylic acids is 2. The summed E-state index contributed by atoms with van der Waals surface area (Å²) in [6.07, 6.45) is 0.649. The molecule has 2 aromatic rings. The smallest absolute Gasteiger partial charge is 0.318 e. The first-order chi connectivity index (χ1) is 15.0. The Labute approximate surface area is 182 Å². The van der Waals surface area contributed by atoms with Crippen LogP contribution in [-0.4, -0.2) is 52.4 Å². The largest absolute Gasteiger partial charge is 0.391 e. The Morgan fingerprint density at radius 2 is 1.71 bits per heavy atom. The second kappa shape index (κ2) is 10.6. The molecule has 0 spiro atoms. The summed E-state index contributed by atoms with van der Waals surface area (Å²) in [6.45, 7) is 2.45. The van der Waals surface area contributed by atoms with Crippen molar-refractivity contribution in [3.63, 3.8) is 0 Å². The topological polar surface area (TPSA) is 102 Å². The van der Waals surface area contributed by atoms with Crippen LogP contribution < -0.4 is 10.8 Å². The Hall–Kier alpha value is -3.34. The molecular formula is C24H27N3O4. The molecule has 2 aromatic carbocycles. The van der Waals surface area contributed by atoms with Crippen molar-refractivity contribution in [2.24, 2.45) is 0 Å². The highest BCUT2D eigenvalue weighted by molar-refractivity contribution is 5.86. The summed E-state index contributed by atoms with van der Waals surface area (Å²) in [6, 6.07) is 16.2. The van der Waals surface area contributed by atoms with Gasteiger partial charge < -0.3 is 15.3 Å². The lowest BCUT2D eigenvalue weighted by Gasteiger charge is -2.34. The predicted octanol–water partition coefficient (Wildman–Crippen LogP) is 2.23. The number of benzene rings is 2. The first-order valence-electron chi connectivity index (χ1n) is 10.3. The van der Waals surface area contributed by atoms with E-state index in [1.165, 1.54) is 12.4 Å². The molecule has 0 aromatic heterocycles. The van der Waals surface area contributed by atoms with Gasteiger partial charge in [0.05, 0.1) is 6.10 Å². The third-order valence-electron chi connectivity index (χ3n) is 5.37. The molecule has 1 aliphatic rings. The lowest BCUT2D eigenvalue weighted by molar-refractivity contribution is -0.133. The Morgan fingerprint density at radius 3 is 2.32 bits per heavy atom. The number of nitrogens with one attached hydrogen (secondary N) is 2. The molecule has 162 valence electrons. The number of hydrogen-bond donors (Lipinski definition) is 4. The number of aliphatic hydroxyl groups is 1. The number of urea groups is 1. The summed E-state index contributed by atoms with van der Waals surface area (Å²) in [4.78, 5) is 25.9. The number of nitrogens with zero attached hydrogens (tertiary/aromatic N) is 1. The van der Waals surface area contributed by atoms with Gasteiger partial charge in [0.25, 0.3) is 5.91 Å². The molecule has 3 atom stereocenters. The number of hydrogen-bond acceptors (Lipinski definition) is 4. The van der Waals surface area contributed by atoms with Crippen LogP contribution in [0.5, 0.6) is 0 Å². The number of rotatable bonds is 4. The molecule has 7 heteroatoms. The van der Waals surface area contributed by atoms with Gasteiger partial charge in [0.1, 0.15) is 6.04 Å². The highest BCUT2D eigenvalue weighted by Crippen LogP contribution is 2.27. The molecular weight excluding hydrogens is 394 g/mol. The summed E-state index contributed by atoms with van der Waals surface area (Å²) in [5.74, 6) is 5.62. The zero-order valence-electron chi connectivity index (χ0n) is 17.4. The van der Waals surface area contributed by atoms with E-state index >= 15 is 0 Å². The van der Waals surface area contributed by atoms with Gasteiger partial charge in [0.2, 0.25) is 0 Å². The fraction of sp³-hybridized carbons (Fsp3) is 0.333. The Kier molecular flexibility index (Phi) is 7.65. The van der Waals surface area contributed by atoms with Gasteiger partial charge in [-0.3, -0.25) is 10.0 Å². The minimum atomic E-state index is -1.22. The maximum atomic E-state index is 12.6. The second-order valence-electron chi connectivity index (χ2n) is 7.67. The van der Waals surface area contributed by atoms with Crippen LogP contribution in [0.25, 0.3) is 0 Å². The quantitative estimate of drug-likeness (QED) is 0.345. The minimum Gasteiger partial charge on any atom is -0.391 e. The maximum Gasteiger partial charge on any atom is 0.318 e. The molecule has 1 saturated heterocycles. The Balaban J connectivity index is 1.63. The van der Waals surface area contributed by atoms with Crippen molar-refractivity contribution in [3.8, 4) is 11.8 Å². The number of likely N-dealkylation sites (tertiary alicyclic amines) is 1. The predicted molar refractivity (Wildman–Crippen MR) is 116 cm³/mol. The van der Waals surface area contributed by atoms with Crippen LogP contribution in [0.3, 0.4) is 0 Å². The van der Waals surface area contributed by atoms with E-state index in [2.05, 4.69) is 17.2 Å². The van der Waals surface area contributed by atoms with E-state index in [0.29, 0.717) is 13.1 Å². The molecule has 1 aliphatic heterocycles. The molecule has 0 aliphatic carbocycles. The lowest BCUT2D eigenvalue weighted by Crippen LogP contribution is -2.56. The summed E-state index contributed by atoms with van der Waals surface area (Å²) >= 11 is 0. The van der Waals surface area contributed by atoms with Gasteiger partial charge in [-0.1, -0.05) is 42.2 Å². The van der Waals surface area contributed by atoms with Crippen LogP contribution in [0.15, 0.2) is 54.6 Å². The normalized spacial score (nSPS) is 17.6. The highest BCUT2D eigenvalue weighted by atomic mass is 16.5. The average molecular weight is 421 g/mol. The summed E-state index contributed by atoms with van der Waals surface area (Å²) in [5.41, 5.74) is 4.49. The van der Waals surface area contributed by atoms with Gasteiger partial charge in [-0.05, 0) is 49.6 Å². The first kappa shape index (κ1) is 22.3. The fourth-order valence-corrected chi connectivity index (χ4v) is 3.64. The summed E-state index contributed by atoms with van der Waals surface area (Å²) in [5, 5.41) is 21.0. The van der Waals surface area contributed by atoms with Gasteiger partial charge in [0, 0.05) is 30.1 Å². The van der Waals surface area contributed by atoms with Gasteiger partial charge in [-0.2, -0.15) is 0 Å². The van der Waals surface area contributed by atoms with E-state index in [1.54, 1.807) is 4.90 Å². The zero-order valence-corrected chi connectivity index (χ0v) is 17.4. The number of aliphatic hydroxyl groups excluding tert-OH is 1. The molecule has 3 amide bonds. The van der Waals surface area contributed by atoms with E-state index < -0.39 is 24.1 Å². The SMILES string of the molecule is C[C@@H](O)[C@H](NC(=O)N1CCCC(c2ccc(C#Cc3ccccc3)cc2)C1)C(=O)NO. The van der Waals surface area contributed by atoms with Gasteiger partial charge in [-0.25, -0.2) is 10.3 Å². The molecule has 1 heterocycles. The van der Waals surface area contributed by atoms with E-state index in [9.17, 15) is 14.7 Å². The van der Waals surface area contributed by atoms with Crippen molar-refractivity contribution in [2.75, 3.05) is 13.1 Å². The van der Waals surface area contributed by atoms with Crippen molar-refractivity contribution >= 4 is 11.9 Å². The fourth-order valence-electron chi connectivity index (χ4n) is 3.64. The zero-order chi connectivity index (χ0) is 22.2. The minimum absolute atomic E-state index is 0.173. The maximum absolute atomic E-state index is 12.6. The average Bonchev–Trinajstić information content (AvgIpc) is 2.81. The number of hydroxylamine groups is 1. The third-order valence-corrected chi connectivity index (χ3v) is 5.37. The molecule has 1 fully saturated rings. The lowest BCUT2D eigenvalue weighted by atomic mass is 9.90. The molecule has 4 N–H and O–H groups in total. The van der Waals surface area contributed by atoms with Crippen LogP contribution in [0.2, 0.25) is 0 Å². The number of amides is 3. The van der Waals surface area contributed by atoms with E-state index in [-0.39, 0.29) is 5.92 Å².